The maximum Gasteiger partial charge on any atom is 0.573 e. The van der Waals surface area contributed by atoms with E-state index < -0.39 is 28.2 Å². The predicted octanol–water partition coefficient (Wildman–Crippen LogP) is 5.43. The topological polar surface area (TPSA) is 81.7 Å². The molecule has 0 aromatic heterocycles. The maximum absolute atomic E-state index is 12.6. The van der Waals surface area contributed by atoms with Gasteiger partial charge < -0.3 is 9.47 Å². The smallest absolute Gasteiger partial charge is 0.497 e. The van der Waals surface area contributed by atoms with Crippen molar-refractivity contribution in [1.82, 2.24) is 4.72 Å². The maximum atomic E-state index is 12.6. The van der Waals surface area contributed by atoms with Crippen LogP contribution in [-0.2, 0) is 21.2 Å². The van der Waals surface area contributed by atoms with Gasteiger partial charge in [-0.2, -0.15) is 0 Å². The standard InChI is InChI=1S/C23H23ClF3NO5S/c1-4-16(9-10-17-7-5-6-8-20(17)33-23(25,26)27)13-15(2)22(29)28-34(30,31)21-14-18(32-3)11-12-19(21)24/h4-8,11-14,16H,1,9-10H2,2-3H3,(H,28,29)/b15-13+. The second kappa shape index (κ2) is 11.4. The summed E-state index contributed by atoms with van der Waals surface area (Å²) in [6.07, 6.45) is -1.32. The highest BCUT2D eigenvalue weighted by Crippen LogP contribution is 2.29. The third-order valence-electron chi connectivity index (χ3n) is 4.73. The first kappa shape index (κ1) is 27.3. The third-order valence-corrected chi connectivity index (χ3v) is 6.54. The third kappa shape index (κ3) is 7.81. The number of hydrogen-bond donors (Lipinski definition) is 1. The number of alkyl halides is 3. The molecule has 34 heavy (non-hydrogen) atoms. The van der Waals surface area contributed by atoms with Crippen LogP contribution in [0.15, 0.2) is 71.7 Å². The molecule has 11 heteroatoms. The van der Waals surface area contributed by atoms with Gasteiger partial charge in [0.25, 0.3) is 15.9 Å². The number of para-hydroxylation sites is 1. The van der Waals surface area contributed by atoms with Gasteiger partial charge in [-0.05, 0) is 49.4 Å². The zero-order chi connectivity index (χ0) is 25.5. The van der Waals surface area contributed by atoms with E-state index in [4.69, 9.17) is 16.3 Å². The summed E-state index contributed by atoms with van der Waals surface area (Å²) in [5.74, 6) is -1.37. The minimum absolute atomic E-state index is 0.0762. The van der Waals surface area contributed by atoms with Gasteiger partial charge in [0, 0.05) is 11.6 Å². The largest absolute Gasteiger partial charge is 0.573 e. The highest BCUT2D eigenvalue weighted by molar-refractivity contribution is 7.90. The Hall–Kier alpha value is -2.98. The van der Waals surface area contributed by atoms with Crippen LogP contribution in [0, 0.1) is 5.92 Å². The molecule has 2 aromatic carbocycles. The minimum Gasteiger partial charge on any atom is -0.497 e. The van der Waals surface area contributed by atoms with Gasteiger partial charge in [0.1, 0.15) is 16.4 Å². The number of nitrogens with one attached hydrogen (secondary N) is 1. The average Bonchev–Trinajstić information content (AvgIpc) is 2.76. The van der Waals surface area contributed by atoms with Crippen molar-refractivity contribution in [3.8, 4) is 11.5 Å². The number of benzene rings is 2. The summed E-state index contributed by atoms with van der Waals surface area (Å²) in [4.78, 5) is 12.2. The van der Waals surface area contributed by atoms with E-state index in [9.17, 15) is 26.4 Å². The van der Waals surface area contributed by atoms with Gasteiger partial charge in [0.15, 0.2) is 0 Å². The summed E-state index contributed by atoms with van der Waals surface area (Å²) >= 11 is 5.97. The predicted molar refractivity (Wildman–Crippen MR) is 122 cm³/mol. The van der Waals surface area contributed by atoms with Crippen molar-refractivity contribution >= 4 is 27.5 Å². The summed E-state index contributed by atoms with van der Waals surface area (Å²) < 4.78 is 74.1. The highest BCUT2D eigenvalue weighted by atomic mass is 35.5. The number of ether oxygens (including phenoxy) is 2. The van der Waals surface area contributed by atoms with E-state index in [-0.39, 0.29) is 33.4 Å². The zero-order valence-electron chi connectivity index (χ0n) is 18.4. The van der Waals surface area contributed by atoms with E-state index >= 15 is 0 Å². The molecule has 0 radical (unpaired) electrons. The summed E-state index contributed by atoms with van der Waals surface area (Å²) in [6.45, 7) is 5.10. The Morgan fingerprint density at radius 3 is 2.53 bits per heavy atom. The van der Waals surface area contributed by atoms with Crippen LogP contribution in [-0.4, -0.2) is 27.8 Å². The van der Waals surface area contributed by atoms with Crippen LogP contribution in [0.2, 0.25) is 5.02 Å². The molecule has 0 spiro atoms. The van der Waals surface area contributed by atoms with Crippen molar-refractivity contribution in [2.24, 2.45) is 5.92 Å². The number of hydrogen-bond acceptors (Lipinski definition) is 5. The molecule has 2 aromatic rings. The zero-order valence-corrected chi connectivity index (χ0v) is 19.9. The number of aryl methyl sites for hydroxylation is 1. The molecule has 0 fully saturated rings. The van der Waals surface area contributed by atoms with Crippen LogP contribution in [0.1, 0.15) is 18.9 Å². The van der Waals surface area contributed by atoms with Crippen molar-refractivity contribution in [1.29, 1.82) is 0 Å². The second-order valence-corrected chi connectivity index (χ2v) is 9.23. The van der Waals surface area contributed by atoms with Gasteiger partial charge in [0.2, 0.25) is 0 Å². The lowest BCUT2D eigenvalue weighted by atomic mass is 9.97. The molecule has 6 nitrogen and oxygen atoms in total. The fourth-order valence-electron chi connectivity index (χ4n) is 3.00. The summed E-state index contributed by atoms with van der Waals surface area (Å²) in [7, 11) is -2.93. The molecule has 0 aliphatic carbocycles. The molecular weight excluding hydrogens is 495 g/mol. The van der Waals surface area contributed by atoms with E-state index in [0.29, 0.717) is 12.0 Å². The van der Waals surface area contributed by atoms with Gasteiger partial charge in [0.05, 0.1) is 12.1 Å². The Balaban J connectivity index is 2.13. The molecule has 0 aliphatic rings. The molecule has 0 aliphatic heterocycles. The van der Waals surface area contributed by atoms with E-state index in [0.717, 1.165) is 0 Å². The van der Waals surface area contributed by atoms with E-state index in [1.165, 1.54) is 62.6 Å². The van der Waals surface area contributed by atoms with E-state index in [1.807, 2.05) is 4.72 Å². The van der Waals surface area contributed by atoms with Crippen molar-refractivity contribution in [3.63, 3.8) is 0 Å². The molecule has 1 atom stereocenters. The molecule has 1 N–H and O–H groups in total. The molecule has 2 rings (SSSR count). The number of amides is 1. The van der Waals surface area contributed by atoms with Crippen LogP contribution in [0.25, 0.3) is 0 Å². The van der Waals surface area contributed by atoms with Gasteiger partial charge in [-0.1, -0.05) is 42.0 Å². The van der Waals surface area contributed by atoms with Crippen LogP contribution in [0.4, 0.5) is 13.2 Å². The lowest BCUT2D eigenvalue weighted by Crippen LogP contribution is -2.31. The van der Waals surface area contributed by atoms with Crippen LogP contribution in [0.3, 0.4) is 0 Å². The van der Waals surface area contributed by atoms with Crippen molar-refractivity contribution < 1.29 is 35.9 Å². The number of methoxy groups -OCH3 is 1. The van der Waals surface area contributed by atoms with Gasteiger partial charge in [-0.25, -0.2) is 13.1 Å². The normalized spacial score (nSPS) is 13.2. The molecule has 0 heterocycles. The Kier molecular flexibility index (Phi) is 9.17. The van der Waals surface area contributed by atoms with Crippen LogP contribution in [0.5, 0.6) is 11.5 Å². The number of rotatable bonds is 10. The molecule has 0 saturated heterocycles. The molecule has 1 amide bonds. The summed E-state index contributed by atoms with van der Waals surface area (Å²) in [5, 5.41) is -0.0913. The number of carbonyl (C=O) groups is 1. The number of sulfonamides is 1. The van der Waals surface area contributed by atoms with Gasteiger partial charge in [-0.3, -0.25) is 4.79 Å². The molecule has 0 saturated carbocycles. The number of halogens is 4. The quantitative estimate of drug-likeness (QED) is 0.335. The summed E-state index contributed by atoms with van der Waals surface area (Å²) in [5.41, 5.74) is 0.407. The SMILES string of the molecule is C=CC(/C=C(\C)C(=O)NS(=O)(=O)c1cc(OC)ccc1Cl)CCc1ccccc1OC(F)(F)F. The van der Waals surface area contributed by atoms with Crippen molar-refractivity contribution in [2.45, 2.75) is 31.0 Å². The average molecular weight is 518 g/mol. The van der Waals surface area contributed by atoms with E-state index in [1.54, 1.807) is 6.07 Å². The monoisotopic (exact) mass is 517 g/mol. The Morgan fingerprint density at radius 2 is 1.91 bits per heavy atom. The second-order valence-electron chi connectivity index (χ2n) is 7.17. The van der Waals surface area contributed by atoms with E-state index in [2.05, 4.69) is 11.3 Å². The highest BCUT2D eigenvalue weighted by Gasteiger charge is 2.32. The Labute approximate surface area is 201 Å². The van der Waals surface area contributed by atoms with Gasteiger partial charge in [-0.15, -0.1) is 19.8 Å². The van der Waals surface area contributed by atoms with Crippen molar-refractivity contribution in [3.05, 3.63) is 77.4 Å². The minimum atomic E-state index is -4.82. The first-order valence-corrected chi connectivity index (χ1v) is 11.8. The Morgan fingerprint density at radius 1 is 1.24 bits per heavy atom. The summed E-state index contributed by atoms with van der Waals surface area (Å²) in [6, 6.07) is 9.73. The number of allylic oxidation sites excluding steroid dienone is 2. The molecule has 0 bridgehead atoms. The fourth-order valence-corrected chi connectivity index (χ4v) is 4.53. The van der Waals surface area contributed by atoms with Crippen LogP contribution < -0.4 is 14.2 Å². The first-order chi connectivity index (χ1) is 15.9. The van der Waals surface area contributed by atoms with Gasteiger partial charge >= 0.3 is 6.36 Å². The van der Waals surface area contributed by atoms with Crippen molar-refractivity contribution in [2.75, 3.05) is 7.11 Å². The molecule has 1 unspecified atom stereocenters. The first-order valence-electron chi connectivity index (χ1n) is 9.91. The lowest BCUT2D eigenvalue weighted by molar-refractivity contribution is -0.274. The molecule has 184 valence electrons. The number of carbonyl (C=O) groups excluding carboxylic acids is 1. The van der Waals surface area contributed by atoms with Crippen LogP contribution >= 0.6 is 11.6 Å². The molecular formula is C23H23ClF3NO5S. The fraction of sp³-hybridized carbons (Fsp3) is 0.261. The lowest BCUT2D eigenvalue weighted by Gasteiger charge is -2.15. The Bertz CT molecular complexity index is 1180.